The van der Waals surface area contributed by atoms with Crippen LogP contribution in [0, 0.1) is 5.82 Å². The number of fused-ring (bicyclic) bond motifs is 1. The van der Waals surface area contributed by atoms with Crippen LogP contribution in [0.5, 0.6) is 0 Å². The molecule has 0 bridgehead atoms. The first kappa shape index (κ1) is 16.4. The molecule has 0 aliphatic rings. The fourth-order valence-electron chi connectivity index (χ4n) is 2.17. The van der Waals surface area contributed by atoms with Crippen LogP contribution < -0.4 is 10.6 Å². The van der Waals surface area contributed by atoms with E-state index in [0.717, 1.165) is 0 Å². The predicted octanol–water partition coefficient (Wildman–Crippen LogP) is 1.03. The highest BCUT2D eigenvalue weighted by Gasteiger charge is 2.22. The van der Waals surface area contributed by atoms with Gasteiger partial charge < -0.3 is 15.4 Å². The van der Waals surface area contributed by atoms with Gasteiger partial charge >= 0.3 is 5.97 Å². The summed E-state index contributed by atoms with van der Waals surface area (Å²) < 4.78 is 19.9. The number of benzene rings is 1. The normalized spacial score (nSPS) is 10.7. The fourth-order valence-corrected chi connectivity index (χ4v) is 3.31. The van der Waals surface area contributed by atoms with Crippen LogP contribution in [0.25, 0.3) is 10.1 Å². The Kier molecular flexibility index (Phi) is 5.46. The van der Waals surface area contributed by atoms with Crippen LogP contribution in [-0.2, 0) is 16.1 Å². The second-order valence-corrected chi connectivity index (χ2v) is 5.67. The number of rotatable bonds is 6. The molecule has 1 aromatic carbocycles. The van der Waals surface area contributed by atoms with Crippen molar-refractivity contribution in [2.75, 3.05) is 20.2 Å². The molecule has 1 aromatic heterocycles. The number of hydrogen-bond acceptors (Lipinski definition) is 4. The van der Waals surface area contributed by atoms with Crippen molar-refractivity contribution in [3.63, 3.8) is 0 Å². The van der Waals surface area contributed by atoms with Gasteiger partial charge in [0.1, 0.15) is 17.2 Å². The van der Waals surface area contributed by atoms with Crippen molar-refractivity contribution in [3.05, 3.63) is 34.5 Å². The Morgan fingerprint density at radius 1 is 1.41 bits per heavy atom. The minimum atomic E-state index is -0.452. The van der Waals surface area contributed by atoms with Gasteiger partial charge in [-0.05, 0) is 19.1 Å². The number of halogens is 1. The Morgan fingerprint density at radius 3 is 2.86 bits per heavy atom. The Balaban J connectivity index is 2.36. The van der Waals surface area contributed by atoms with Crippen molar-refractivity contribution in [3.8, 4) is 0 Å². The molecule has 7 heteroatoms. The van der Waals surface area contributed by atoms with Crippen molar-refractivity contribution >= 4 is 33.3 Å². The van der Waals surface area contributed by atoms with E-state index in [1.165, 1.54) is 17.4 Å². The van der Waals surface area contributed by atoms with Crippen LogP contribution >= 0.6 is 11.3 Å². The summed E-state index contributed by atoms with van der Waals surface area (Å²) >= 11 is 1.22. The first-order valence-electron chi connectivity index (χ1n) is 6.97. The van der Waals surface area contributed by atoms with Gasteiger partial charge in [0.2, 0.25) is 0 Å². The van der Waals surface area contributed by atoms with Gasteiger partial charge in [-0.15, -0.1) is 11.3 Å². The smallest absolute Gasteiger partial charge is 0.348 e. The molecule has 0 spiro atoms. The summed E-state index contributed by atoms with van der Waals surface area (Å²) in [4.78, 5) is 23.8. The molecule has 0 fully saturated rings. The van der Waals surface area contributed by atoms with Gasteiger partial charge in [0, 0.05) is 22.7 Å². The van der Waals surface area contributed by atoms with E-state index in [1.54, 1.807) is 31.4 Å². The zero-order valence-corrected chi connectivity index (χ0v) is 13.3. The number of carbonyl (C=O) groups is 2. The monoisotopic (exact) mass is 325 g/mol. The maximum absolute atomic E-state index is 14.1. The summed E-state index contributed by atoms with van der Waals surface area (Å²) in [5.41, 5.74) is 0.584. The number of amides is 1. The van der Waals surface area contributed by atoms with Gasteiger partial charge in [0.15, 0.2) is 6.54 Å². The van der Waals surface area contributed by atoms with E-state index in [2.05, 4.69) is 5.32 Å². The fraction of sp³-hybridized carbons (Fsp3) is 0.333. The molecule has 2 aromatic rings. The number of thiophene rings is 1. The van der Waals surface area contributed by atoms with E-state index < -0.39 is 5.97 Å². The van der Waals surface area contributed by atoms with E-state index in [0.29, 0.717) is 27.1 Å². The summed E-state index contributed by atoms with van der Waals surface area (Å²) in [6, 6.07) is 4.75. The highest BCUT2D eigenvalue weighted by molar-refractivity contribution is 7.21. The van der Waals surface area contributed by atoms with Gasteiger partial charge in [-0.3, -0.25) is 4.79 Å². The Hall–Kier alpha value is -1.99. The predicted molar refractivity (Wildman–Crippen MR) is 82.3 cm³/mol. The third-order valence-electron chi connectivity index (χ3n) is 3.18. The molecule has 0 saturated heterocycles. The van der Waals surface area contributed by atoms with E-state index in [1.807, 2.05) is 0 Å². The van der Waals surface area contributed by atoms with Crippen molar-refractivity contribution < 1.29 is 24.0 Å². The van der Waals surface area contributed by atoms with Crippen LogP contribution in [0.3, 0.4) is 0 Å². The largest absolute Gasteiger partial charge is 0.462 e. The first-order valence-corrected chi connectivity index (χ1v) is 7.79. The molecule has 1 amide bonds. The molecule has 0 saturated carbocycles. The third-order valence-corrected chi connectivity index (χ3v) is 4.36. The van der Waals surface area contributed by atoms with Crippen LogP contribution in [0.2, 0.25) is 0 Å². The molecular formula is C15H18FN2O3S+. The lowest BCUT2D eigenvalue weighted by atomic mass is 10.1. The molecule has 3 N–H and O–H groups in total. The van der Waals surface area contributed by atoms with Crippen molar-refractivity contribution in [2.24, 2.45) is 0 Å². The maximum atomic E-state index is 14.1. The summed E-state index contributed by atoms with van der Waals surface area (Å²) in [7, 11) is 1.56. The number of nitrogens with two attached hydrogens (primary N) is 1. The molecule has 5 nitrogen and oxygen atoms in total. The average molecular weight is 325 g/mol. The lowest BCUT2D eigenvalue weighted by molar-refractivity contribution is -0.659. The number of likely N-dealkylation sites (N-methyl/N-ethyl adjacent to an activating group) is 1. The summed E-state index contributed by atoms with van der Waals surface area (Å²) in [5, 5.41) is 4.68. The molecule has 2 rings (SSSR count). The second kappa shape index (κ2) is 7.33. The highest BCUT2D eigenvalue weighted by Crippen LogP contribution is 2.33. The van der Waals surface area contributed by atoms with E-state index in [4.69, 9.17) is 4.74 Å². The molecule has 22 heavy (non-hydrogen) atoms. The maximum Gasteiger partial charge on any atom is 0.348 e. The molecular weight excluding hydrogens is 307 g/mol. The zero-order chi connectivity index (χ0) is 16.1. The summed E-state index contributed by atoms with van der Waals surface area (Å²) in [6.45, 7) is 2.53. The van der Waals surface area contributed by atoms with Crippen molar-refractivity contribution in [1.82, 2.24) is 5.32 Å². The van der Waals surface area contributed by atoms with Gasteiger partial charge in [0.05, 0.1) is 6.61 Å². The van der Waals surface area contributed by atoms with E-state index in [-0.39, 0.29) is 24.9 Å². The molecule has 0 unspecified atom stereocenters. The number of nitrogens with one attached hydrogen (secondary N) is 1. The van der Waals surface area contributed by atoms with Crippen molar-refractivity contribution in [2.45, 2.75) is 13.5 Å². The van der Waals surface area contributed by atoms with Crippen LogP contribution in [-0.4, -0.2) is 32.1 Å². The SMILES string of the molecule is CCOC(=O)c1sc2cccc(F)c2c1C[NH2+]CC(=O)NC. The van der Waals surface area contributed by atoms with Gasteiger partial charge in [0.25, 0.3) is 5.91 Å². The quantitative estimate of drug-likeness (QED) is 0.779. The Bertz CT molecular complexity index is 699. The number of ether oxygens (including phenoxy) is 1. The van der Waals surface area contributed by atoms with E-state index >= 15 is 0 Å². The zero-order valence-electron chi connectivity index (χ0n) is 12.4. The van der Waals surface area contributed by atoms with Crippen LogP contribution in [0.1, 0.15) is 22.2 Å². The van der Waals surface area contributed by atoms with Crippen LogP contribution in [0.15, 0.2) is 18.2 Å². The molecule has 0 aliphatic carbocycles. The second-order valence-electron chi connectivity index (χ2n) is 4.61. The number of quaternary nitrogens is 1. The lowest BCUT2D eigenvalue weighted by Crippen LogP contribution is -2.85. The minimum absolute atomic E-state index is 0.127. The number of esters is 1. The van der Waals surface area contributed by atoms with Crippen LogP contribution in [0.4, 0.5) is 4.39 Å². The summed E-state index contributed by atoms with van der Waals surface area (Å²) in [5.74, 6) is -0.947. The lowest BCUT2D eigenvalue weighted by Gasteiger charge is -2.04. The number of hydrogen-bond donors (Lipinski definition) is 2. The van der Waals surface area contributed by atoms with Gasteiger partial charge in [-0.2, -0.15) is 0 Å². The standard InChI is InChI=1S/C15H17FN2O3S/c1-3-21-15(20)14-9(7-18-8-12(19)17-2)13-10(16)5-4-6-11(13)22-14/h4-6,18H,3,7-8H2,1-2H3,(H,17,19)/p+1. The topological polar surface area (TPSA) is 72.0 Å². The van der Waals surface area contributed by atoms with Crippen molar-refractivity contribution in [1.29, 1.82) is 0 Å². The number of carbonyl (C=O) groups excluding carboxylic acids is 2. The van der Waals surface area contributed by atoms with E-state index in [9.17, 15) is 14.0 Å². The molecule has 118 valence electrons. The minimum Gasteiger partial charge on any atom is -0.462 e. The third kappa shape index (κ3) is 3.42. The average Bonchev–Trinajstić information content (AvgIpc) is 2.87. The first-order chi connectivity index (χ1) is 10.6. The Morgan fingerprint density at radius 2 is 2.18 bits per heavy atom. The molecule has 0 atom stereocenters. The molecule has 1 heterocycles. The molecule has 0 aliphatic heterocycles. The molecule has 0 radical (unpaired) electrons. The van der Waals surface area contributed by atoms with Gasteiger partial charge in [-0.1, -0.05) is 6.07 Å². The van der Waals surface area contributed by atoms with Gasteiger partial charge in [-0.25, -0.2) is 9.18 Å². The summed E-state index contributed by atoms with van der Waals surface area (Å²) in [6.07, 6.45) is 0. The Labute approximate surface area is 131 Å². The highest BCUT2D eigenvalue weighted by atomic mass is 32.1.